The van der Waals surface area contributed by atoms with Crippen LogP contribution in [-0.4, -0.2) is 16.6 Å². The van der Waals surface area contributed by atoms with Crippen LogP contribution in [0.25, 0.3) is 0 Å². The Labute approximate surface area is 134 Å². The van der Waals surface area contributed by atoms with E-state index in [9.17, 15) is 4.79 Å². The van der Waals surface area contributed by atoms with Crippen molar-refractivity contribution in [3.8, 4) is 0 Å². The summed E-state index contributed by atoms with van der Waals surface area (Å²) in [5.41, 5.74) is 6.45. The number of esters is 1. The molecule has 2 unspecified atom stereocenters. The molecule has 0 fully saturated rings. The average Bonchev–Trinajstić information content (AvgIpc) is 2.39. The third-order valence-corrected chi connectivity index (χ3v) is 3.72. The Kier molecular flexibility index (Phi) is 6.85. The van der Waals surface area contributed by atoms with Gasteiger partial charge in [-0.15, -0.1) is 0 Å². The molecule has 22 heavy (non-hydrogen) atoms. The van der Waals surface area contributed by atoms with E-state index in [2.05, 4.69) is 24.9 Å². The molecule has 4 nitrogen and oxygen atoms in total. The number of carbonyl (C=O) groups is 1. The summed E-state index contributed by atoms with van der Waals surface area (Å²) in [7, 11) is 0. The molecular formula is C18H30N2O2. The van der Waals surface area contributed by atoms with Gasteiger partial charge in [0.15, 0.2) is 0 Å². The van der Waals surface area contributed by atoms with E-state index in [4.69, 9.17) is 10.5 Å². The summed E-state index contributed by atoms with van der Waals surface area (Å²) in [5.74, 6) is 1.24. The van der Waals surface area contributed by atoms with Gasteiger partial charge in [0.25, 0.3) is 0 Å². The highest BCUT2D eigenvalue weighted by Crippen LogP contribution is 2.27. The van der Waals surface area contributed by atoms with Crippen molar-refractivity contribution < 1.29 is 9.53 Å². The molecule has 2 atom stereocenters. The second-order valence-corrected chi connectivity index (χ2v) is 7.09. The first-order valence-electron chi connectivity index (χ1n) is 8.14. The predicted octanol–water partition coefficient (Wildman–Crippen LogP) is 4.31. The zero-order chi connectivity index (χ0) is 16.8. The Morgan fingerprint density at radius 2 is 2.00 bits per heavy atom. The van der Waals surface area contributed by atoms with Gasteiger partial charge >= 0.3 is 5.97 Å². The highest BCUT2D eigenvalue weighted by molar-refractivity contribution is 5.70. The van der Waals surface area contributed by atoms with Crippen LogP contribution < -0.4 is 5.73 Å². The first kappa shape index (κ1) is 18.5. The van der Waals surface area contributed by atoms with Gasteiger partial charge in [-0.25, -0.2) is 4.98 Å². The highest BCUT2D eigenvalue weighted by Gasteiger charge is 2.19. The Morgan fingerprint density at radius 1 is 1.32 bits per heavy atom. The highest BCUT2D eigenvalue weighted by atomic mass is 16.6. The fourth-order valence-electron chi connectivity index (χ4n) is 2.52. The lowest BCUT2D eigenvalue weighted by molar-refractivity contribution is -0.155. The number of aromatic nitrogens is 1. The minimum absolute atomic E-state index is 0.109. The Morgan fingerprint density at radius 3 is 2.50 bits per heavy atom. The molecule has 0 bridgehead atoms. The molecule has 0 spiro atoms. The molecule has 0 aliphatic carbocycles. The monoisotopic (exact) mass is 306 g/mol. The van der Waals surface area contributed by atoms with Crippen molar-refractivity contribution in [1.82, 2.24) is 4.98 Å². The number of nitrogens with two attached hydrogens (primary N) is 1. The lowest BCUT2D eigenvalue weighted by Gasteiger charge is -2.22. The zero-order valence-electron chi connectivity index (χ0n) is 14.6. The van der Waals surface area contributed by atoms with Gasteiger partial charge in [0.1, 0.15) is 11.4 Å². The van der Waals surface area contributed by atoms with E-state index >= 15 is 0 Å². The second-order valence-electron chi connectivity index (χ2n) is 7.09. The Hall–Kier alpha value is -1.58. The van der Waals surface area contributed by atoms with Crippen molar-refractivity contribution in [2.24, 2.45) is 5.92 Å². The maximum atomic E-state index is 11.8. The molecular weight excluding hydrogens is 276 g/mol. The number of nitrogens with zero attached hydrogens (tertiary/aromatic N) is 1. The Bertz CT molecular complexity index is 463. The van der Waals surface area contributed by atoms with Crippen molar-refractivity contribution in [2.75, 3.05) is 5.73 Å². The summed E-state index contributed by atoms with van der Waals surface area (Å²) < 4.78 is 5.38. The smallest absolute Gasteiger partial charge is 0.306 e. The van der Waals surface area contributed by atoms with Crippen molar-refractivity contribution in [1.29, 1.82) is 0 Å². The van der Waals surface area contributed by atoms with Crippen LogP contribution in [0.1, 0.15) is 71.8 Å². The zero-order valence-corrected chi connectivity index (χ0v) is 14.6. The first-order valence-corrected chi connectivity index (χ1v) is 8.14. The van der Waals surface area contributed by atoms with E-state index in [1.807, 2.05) is 33.0 Å². The van der Waals surface area contributed by atoms with E-state index in [0.29, 0.717) is 24.1 Å². The molecule has 0 aliphatic rings. The van der Waals surface area contributed by atoms with Crippen LogP contribution in [0.2, 0.25) is 0 Å². The quantitative estimate of drug-likeness (QED) is 0.762. The van der Waals surface area contributed by atoms with Gasteiger partial charge in [-0.1, -0.05) is 19.9 Å². The molecule has 0 aliphatic heterocycles. The molecule has 4 heteroatoms. The van der Waals surface area contributed by atoms with Crippen LogP contribution in [0.5, 0.6) is 0 Å². The SMILES string of the molecule is CCC(CCC(C)CC(=O)OC(C)(C)C)c1ccc(N)nc1. The lowest BCUT2D eigenvalue weighted by atomic mass is 9.89. The first-order chi connectivity index (χ1) is 10.2. The standard InChI is InChI=1S/C18H30N2O2/c1-6-14(15-9-10-16(19)20-12-15)8-7-13(2)11-17(21)22-18(3,4)5/h9-10,12-14H,6-8,11H2,1-5H3,(H2,19,20). The van der Waals surface area contributed by atoms with Gasteiger partial charge in [0.05, 0.1) is 0 Å². The molecule has 1 aromatic heterocycles. The topological polar surface area (TPSA) is 65.2 Å². The van der Waals surface area contributed by atoms with Crippen molar-refractivity contribution >= 4 is 11.8 Å². The van der Waals surface area contributed by atoms with Gasteiger partial charge < -0.3 is 10.5 Å². The van der Waals surface area contributed by atoms with E-state index in [1.54, 1.807) is 0 Å². The van der Waals surface area contributed by atoms with Crippen LogP contribution in [0.15, 0.2) is 18.3 Å². The summed E-state index contributed by atoms with van der Waals surface area (Å²) in [6, 6.07) is 3.90. The van der Waals surface area contributed by atoms with E-state index < -0.39 is 5.60 Å². The van der Waals surface area contributed by atoms with E-state index in [1.165, 1.54) is 5.56 Å². The third kappa shape index (κ3) is 6.92. The number of carbonyl (C=O) groups excluding carboxylic acids is 1. The molecule has 2 N–H and O–H groups in total. The number of ether oxygens (including phenoxy) is 1. The van der Waals surface area contributed by atoms with E-state index in [0.717, 1.165) is 19.3 Å². The number of nitrogen functional groups attached to an aromatic ring is 1. The van der Waals surface area contributed by atoms with Crippen molar-refractivity contribution in [3.05, 3.63) is 23.9 Å². The van der Waals surface area contributed by atoms with Crippen molar-refractivity contribution in [3.63, 3.8) is 0 Å². The fraction of sp³-hybridized carbons (Fsp3) is 0.667. The summed E-state index contributed by atoms with van der Waals surface area (Å²) >= 11 is 0. The fourth-order valence-corrected chi connectivity index (χ4v) is 2.52. The van der Waals surface area contributed by atoms with Crippen LogP contribution in [-0.2, 0) is 9.53 Å². The minimum Gasteiger partial charge on any atom is -0.460 e. The normalized spacial score (nSPS) is 14.4. The number of rotatable bonds is 7. The Balaban J connectivity index is 2.45. The summed E-state index contributed by atoms with van der Waals surface area (Å²) in [6.45, 7) is 9.99. The van der Waals surface area contributed by atoms with Gasteiger partial charge in [-0.05, 0) is 63.5 Å². The van der Waals surface area contributed by atoms with Gasteiger partial charge in [-0.2, -0.15) is 0 Å². The molecule has 0 saturated heterocycles. The summed E-state index contributed by atoms with van der Waals surface area (Å²) in [4.78, 5) is 16.0. The average molecular weight is 306 g/mol. The maximum Gasteiger partial charge on any atom is 0.306 e. The molecule has 0 amide bonds. The van der Waals surface area contributed by atoms with Crippen LogP contribution in [0.4, 0.5) is 5.82 Å². The van der Waals surface area contributed by atoms with Gasteiger partial charge in [-0.3, -0.25) is 4.79 Å². The lowest BCUT2D eigenvalue weighted by Crippen LogP contribution is -2.24. The third-order valence-electron chi connectivity index (χ3n) is 3.72. The molecule has 1 aromatic rings. The molecule has 0 radical (unpaired) electrons. The molecule has 1 heterocycles. The largest absolute Gasteiger partial charge is 0.460 e. The molecule has 0 aromatic carbocycles. The molecule has 0 saturated carbocycles. The second kappa shape index (κ2) is 8.16. The van der Waals surface area contributed by atoms with Crippen LogP contribution in [0, 0.1) is 5.92 Å². The number of anilines is 1. The predicted molar refractivity (Wildman–Crippen MR) is 90.5 cm³/mol. The van der Waals surface area contributed by atoms with Crippen molar-refractivity contribution in [2.45, 2.75) is 71.8 Å². The van der Waals surface area contributed by atoms with Gasteiger partial charge in [0, 0.05) is 12.6 Å². The minimum atomic E-state index is -0.404. The van der Waals surface area contributed by atoms with Gasteiger partial charge in [0.2, 0.25) is 0 Å². The van der Waals surface area contributed by atoms with E-state index in [-0.39, 0.29) is 5.97 Å². The summed E-state index contributed by atoms with van der Waals surface area (Å²) in [5, 5.41) is 0. The molecule has 124 valence electrons. The summed E-state index contributed by atoms with van der Waals surface area (Å²) in [6.07, 6.45) is 5.45. The number of hydrogen-bond acceptors (Lipinski definition) is 4. The number of hydrogen-bond donors (Lipinski definition) is 1. The van der Waals surface area contributed by atoms with Crippen LogP contribution in [0.3, 0.4) is 0 Å². The molecule has 1 rings (SSSR count). The maximum absolute atomic E-state index is 11.8. The van der Waals surface area contributed by atoms with Crippen LogP contribution >= 0.6 is 0 Å². The number of pyridine rings is 1.